The van der Waals surface area contributed by atoms with Crippen LogP contribution >= 0.6 is 0 Å². The van der Waals surface area contributed by atoms with Crippen LogP contribution in [0.5, 0.6) is 0 Å². The molecule has 0 radical (unpaired) electrons. The van der Waals surface area contributed by atoms with Gasteiger partial charge in [-0.25, -0.2) is 0 Å². The van der Waals surface area contributed by atoms with Crippen molar-refractivity contribution in [2.75, 3.05) is 0 Å². The van der Waals surface area contributed by atoms with Crippen molar-refractivity contribution in [2.24, 2.45) is 0 Å². The molecule has 0 saturated carbocycles. The third kappa shape index (κ3) is 3.03. The Morgan fingerprint density at radius 1 is 1.00 bits per heavy atom. The van der Waals surface area contributed by atoms with Crippen LogP contribution in [-0.4, -0.2) is 13.1 Å². The van der Waals surface area contributed by atoms with Crippen molar-refractivity contribution in [1.29, 1.82) is 0 Å². The van der Waals surface area contributed by atoms with E-state index in [1.165, 1.54) is 24.4 Å². The fraction of sp³-hybridized carbons (Fsp3) is 0.154. The fourth-order valence-electron chi connectivity index (χ4n) is 1.48. The molecule has 2 rings (SSSR count). The molecule has 0 spiro atoms. The van der Waals surface area contributed by atoms with Gasteiger partial charge in [-0.15, -0.1) is 4.73 Å². The average molecular weight is 279 g/mol. The Hall–Kier alpha value is -2.08. The first-order valence-electron chi connectivity index (χ1n) is 5.59. The summed E-state index contributed by atoms with van der Waals surface area (Å²) in [7, 11) is -4.00. The lowest BCUT2D eigenvalue weighted by Crippen LogP contribution is -2.30. The van der Waals surface area contributed by atoms with Crippen LogP contribution in [0.25, 0.3) is 0 Å². The molecule has 0 N–H and O–H groups in total. The highest BCUT2D eigenvalue weighted by Crippen LogP contribution is 2.10. The molecule has 100 valence electrons. The van der Waals surface area contributed by atoms with Gasteiger partial charge in [0.25, 0.3) is 5.56 Å². The summed E-state index contributed by atoms with van der Waals surface area (Å²) < 4.78 is 29.4. The third-order valence-electron chi connectivity index (χ3n) is 2.53. The summed E-state index contributed by atoms with van der Waals surface area (Å²) in [4.78, 5) is 11.6. The maximum absolute atomic E-state index is 12.0. The van der Waals surface area contributed by atoms with Gasteiger partial charge >= 0.3 is 10.1 Å². The Morgan fingerprint density at radius 3 is 2.21 bits per heavy atom. The molecule has 0 aliphatic rings. The van der Waals surface area contributed by atoms with E-state index >= 15 is 0 Å². The zero-order valence-electron chi connectivity index (χ0n) is 10.5. The van der Waals surface area contributed by atoms with Gasteiger partial charge in [0.2, 0.25) is 0 Å². The number of aryl methyl sites for hydroxylation is 2. The molecule has 2 aromatic rings. The number of hydrogen-bond acceptors (Lipinski definition) is 4. The van der Waals surface area contributed by atoms with Gasteiger partial charge in [-0.3, -0.25) is 9.08 Å². The summed E-state index contributed by atoms with van der Waals surface area (Å²) in [6.07, 6.45) is 1.28. The first-order chi connectivity index (χ1) is 8.88. The minimum Gasteiger partial charge on any atom is -0.281 e. The lowest BCUT2D eigenvalue weighted by molar-refractivity contribution is 0.267. The predicted octanol–water partition coefficient (Wildman–Crippen LogP) is 1.28. The molecule has 0 bridgehead atoms. The number of hydrogen-bond donors (Lipinski definition) is 0. The van der Waals surface area contributed by atoms with Gasteiger partial charge in [-0.1, -0.05) is 17.7 Å². The first-order valence-corrected chi connectivity index (χ1v) is 7.00. The topological polar surface area (TPSA) is 65.4 Å². The highest BCUT2D eigenvalue weighted by Gasteiger charge is 2.17. The van der Waals surface area contributed by atoms with Crippen molar-refractivity contribution in [2.45, 2.75) is 18.7 Å². The number of nitrogens with zero attached hydrogens (tertiary/aromatic N) is 1. The molecule has 1 aromatic carbocycles. The van der Waals surface area contributed by atoms with E-state index in [2.05, 4.69) is 0 Å². The van der Waals surface area contributed by atoms with Crippen molar-refractivity contribution in [3.05, 3.63) is 64.1 Å². The van der Waals surface area contributed by atoms with Crippen LogP contribution in [0.2, 0.25) is 0 Å². The Labute approximate surface area is 111 Å². The largest absolute Gasteiger partial charge is 0.357 e. The van der Waals surface area contributed by atoms with Crippen molar-refractivity contribution in [1.82, 2.24) is 4.73 Å². The van der Waals surface area contributed by atoms with Crippen LogP contribution in [-0.2, 0) is 10.1 Å². The van der Waals surface area contributed by atoms with Crippen LogP contribution in [0.4, 0.5) is 0 Å². The van der Waals surface area contributed by atoms with Crippen molar-refractivity contribution >= 4 is 10.1 Å². The molecule has 0 saturated heterocycles. The zero-order valence-corrected chi connectivity index (χ0v) is 11.3. The molecule has 6 heteroatoms. The highest BCUT2D eigenvalue weighted by molar-refractivity contribution is 7.87. The van der Waals surface area contributed by atoms with Gasteiger partial charge in [-0.05, 0) is 37.6 Å². The van der Waals surface area contributed by atoms with Crippen LogP contribution < -0.4 is 9.84 Å². The highest BCUT2D eigenvalue weighted by atomic mass is 32.2. The van der Waals surface area contributed by atoms with Crippen molar-refractivity contribution < 1.29 is 12.7 Å². The summed E-state index contributed by atoms with van der Waals surface area (Å²) >= 11 is 0. The maximum Gasteiger partial charge on any atom is 0.357 e. The molecule has 0 aliphatic carbocycles. The van der Waals surface area contributed by atoms with Crippen LogP contribution in [0.3, 0.4) is 0 Å². The molecule has 0 aliphatic heterocycles. The van der Waals surface area contributed by atoms with E-state index in [9.17, 15) is 13.2 Å². The summed E-state index contributed by atoms with van der Waals surface area (Å²) in [5.41, 5.74) is 1.14. The molecule has 0 amide bonds. The van der Waals surface area contributed by atoms with Crippen LogP contribution in [0.1, 0.15) is 11.1 Å². The molecule has 0 fully saturated rings. The van der Waals surface area contributed by atoms with E-state index in [0.717, 1.165) is 11.1 Å². The fourth-order valence-corrected chi connectivity index (χ4v) is 2.37. The van der Waals surface area contributed by atoms with E-state index in [-0.39, 0.29) is 4.90 Å². The third-order valence-corrected chi connectivity index (χ3v) is 3.74. The van der Waals surface area contributed by atoms with Crippen LogP contribution in [0.15, 0.2) is 52.3 Å². The Kier molecular flexibility index (Phi) is 3.44. The first kappa shape index (κ1) is 13.4. The normalized spacial score (nSPS) is 11.3. The van der Waals surface area contributed by atoms with E-state index in [4.69, 9.17) is 4.28 Å². The summed E-state index contributed by atoms with van der Waals surface area (Å²) in [5, 5.41) is 0. The minimum absolute atomic E-state index is 0.00516. The second-order valence-electron chi connectivity index (χ2n) is 4.21. The smallest absolute Gasteiger partial charge is 0.281 e. The lowest BCUT2D eigenvalue weighted by Gasteiger charge is -2.08. The number of pyridine rings is 1. The Bertz CT molecular complexity index is 745. The lowest BCUT2D eigenvalue weighted by atomic mass is 10.2. The molecular formula is C13H13NO4S. The molecular weight excluding hydrogens is 266 g/mol. The molecule has 1 heterocycles. The summed E-state index contributed by atoms with van der Waals surface area (Å²) in [6, 6.07) is 9.08. The standard InChI is InChI=1S/C13H13NO4S/c1-10-3-5-12(6-4-10)19(16,17)18-14-8-7-11(2)9-13(14)15/h3-9H,1-2H3. The Morgan fingerprint density at radius 2 is 1.63 bits per heavy atom. The predicted molar refractivity (Wildman–Crippen MR) is 70.4 cm³/mol. The van der Waals surface area contributed by atoms with Gasteiger partial charge in [0.1, 0.15) is 4.90 Å². The monoisotopic (exact) mass is 279 g/mol. The second kappa shape index (κ2) is 4.89. The van der Waals surface area contributed by atoms with E-state index in [0.29, 0.717) is 4.73 Å². The molecule has 0 unspecified atom stereocenters. The van der Waals surface area contributed by atoms with E-state index in [1.54, 1.807) is 25.1 Å². The zero-order chi connectivity index (χ0) is 14.0. The summed E-state index contributed by atoms with van der Waals surface area (Å²) in [6.45, 7) is 3.59. The number of rotatable bonds is 3. The summed E-state index contributed by atoms with van der Waals surface area (Å²) in [5.74, 6) is 0. The van der Waals surface area contributed by atoms with Crippen molar-refractivity contribution in [3.8, 4) is 0 Å². The van der Waals surface area contributed by atoms with Gasteiger partial charge in [0.15, 0.2) is 0 Å². The van der Waals surface area contributed by atoms with Crippen molar-refractivity contribution in [3.63, 3.8) is 0 Å². The van der Waals surface area contributed by atoms with Gasteiger partial charge < -0.3 is 0 Å². The second-order valence-corrected chi connectivity index (χ2v) is 5.74. The number of benzene rings is 1. The van der Waals surface area contributed by atoms with Crippen LogP contribution in [0, 0.1) is 13.8 Å². The van der Waals surface area contributed by atoms with Gasteiger partial charge in [-0.2, -0.15) is 8.42 Å². The van der Waals surface area contributed by atoms with E-state index < -0.39 is 15.7 Å². The molecule has 0 atom stereocenters. The molecule has 19 heavy (non-hydrogen) atoms. The number of aromatic nitrogens is 1. The molecule has 1 aromatic heterocycles. The van der Waals surface area contributed by atoms with E-state index in [1.807, 2.05) is 6.92 Å². The average Bonchev–Trinajstić information content (AvgIpc) is 2.33. The molecule has 5 nitrogen and oxygen atoms in total. The van der Waals surface area contributed by atoms with Gasteiger partial charge in [0, 0.05) is 12.3 Å². The SMILES string of the molecule is Cc1ccc(S(=O)(=O)On2ccc(C)cc2=O)cc1. The Balaban J connectivity index is 2.36. The minimum atomic E-state index is -4.00. The maximum atomic E-state index is 12.0. The van der Waals surface area contributed by atoms with Gasteiger partial charge in [0.05, 0.1) is 0 Å². The quantitative estimate of drug-likeness (QED) is 0.849.